The molecule has 1 aliphatic heterocycles. The Balaban J connectivity index is 1.98. The largest absolute Gasteiger partial charge is 0.469 e. The molecule has 2 rings (SSSR count). The molecule has 1 heterocycles. The van der Waals surface area contributed by atoms with E-state index >= 15 is 0 Å². The van der Waals surface area contributed by atoms with Gasteiger partial charge in [-0.05, 0) is 30.4 Å². The quantitative estimate of drug-likeness (QED) is 0.400. The third-order valence-corrected chi connectivity index (χ3v) is 4.84. The van der Waals surface area contributed by atoms with Crippen molar-refractivity contribution in [3.8, 4) is 0 Å². The lowest BCUT2D eigenvalue weighted by Crippen LogP contribution is -2.43. The Hall–Kier alpha value is -2.90. The molecular formula is C20H27N3O5. The van der Waals surface area contributed by atoms with E-state index in [4.69, 9.17) is 0 Å². The number of methoxy groups -OCH3 is 1. The highest BCUT2D eigenvalue weighted by Gasteiger charge is 2.49. The summed E-state index contributed by atoms with van der Waals surface area (Å²) in [6.07, 6.45) is 0.600. The summed E-state index contributed by atoms with van der Waals surface area (Å²) in [5.41, 5.74) is 0.584. The molecule has 0 bridgehead atoms. The first kappa shape index (κ1) is 21.4. The summed E-state index contributed by atoms with van der Waals surface area (Å²) >= 11 is 0. The van der Waals surface area contributed by atoms with Gasteiger partial charge in [0.05, 0.1) is 7.11 Å². The minimum Gasteiger partial charge on any atom is -0.469 e. The smallest absolute Gasteiger partial charge is 0.325 e. The molecule has 8 heteroatoms. The predicted octanol–water partition coefficient (Wildman–Crippen LogP) is 1.65. The van der Waals surface area contributed by atoms with E-state index in [2.05, 4.69) is 29.2 Å². The van der Waals surface area contributed by atoms with Crippen LogP contribution in [0.2, 0.25) is 0 Å². The molecule has 1 saturated heterocycles. The average molecular weight is 389 g/mol. The van der Waals surface area contributed by atoms with Crippen LogP contribution in [0.4, 0.5) is 4.79 Å². The monoisotopic (exact) mass is 389 g/mol. The summed E-state index contributed by atoms with van der Waals surface area (Å²) in [5.74, 6) is -0.940. The summed E-state index contributed by atoms with van der Waals surface area (Å²) in [6.45, 7) is 5.66. The summed E-state index contributed by atoms with van der Waals surface area (Å²) in [7, 11) is 1.30. The van der Waals surface area contributed by atoms with Crippen molar-refractivity contribution in [2.24, 2.45) is 0 Å². The fourth-order valence-electron chi connectivity index (χ4n) is 3.00. The van der Waals surface area contributed by atoms with Crippen LogP contribution >= 0.6 is 0 Å². The lowest BCUT2D eigenvalue weighted by atomic mass is 9.90. The van der Waals surface area contributed by atoms with Crippen LogP contribution in [-0.4, -0.2) is 48.9 Å². The molecule has 0 unspecified atom stereocenters. The summed E-state index contributed by atoms with van der Waals surface area (Å²) < 4.78 is 4.52. The Bertz CT molecular complexity index is 760. The third kappa shape index (κ3) is 4.68. The number of ether oxygens (including phenoxy) is 1. The van der Waals surface area contributed by atoms with E-state index in [-0.39, 0.29) is 25.5 Å². The molecule has 0 aromatic heterocycles. The van der Waals surface area contributed by atoms with E-state index in [0.29, 0.717) is 17.9 Å². The van der Waals surface area contributed by atoms with Crippen LogP contribution in [0.25, 0.3) is 0 Å². The molecule has 0 saturated carbocycles. The summed E-state index contributed by atoms with van der Waals surface area (Å²) in [5, 5.41) is 5.28. The van der Waals surface area contributed by atoms with E-state index in [9.17, 15) is 19.2 Å². The predicted molar refractivity (Wildman–Crippen MR) is 102 cm³/mol. The number of hydrogen-bond acceptors (Lipinski definition) is 5. The van der Waals surface area contributed by atoms with Gasteiger partial charge < -0.3 is 15.4 Å². The second kappa shape index (κ2) is 8.86. The van der Waals surface area contributed by atoms with Crippen LogP contribution in [-0.2, 0) is 24.7 Å². The molecular weight excluding hydrogens is 362 g/mol. The minimum absolute atomic E-state index is 0.185. The fourth-order valence-corrected chi connectivity index (χ4v) is 3.00. The molecule has 1 aromatic carbocycles. The van der Waals surface area contributed by atoms with Crippen LogP contribution in [0.3, 0.4) is 0 Å². The average Bonchev–Trinajstić information content (AvgIpc) is 2.89. The number of nitrogens with zero attached hydrogens (tertiary/aromatic N) is 1. The summed E-state index contributed by atoms with van der Waals surface area (Å²) in [4.78, 5) is 49.2. The van der Waals surface area contributed by atoms with E-state index < -0.39 is 23.4 Å². The second-order valence-electron chi connectivity index (χ2n) is 7.25. The number of urea groups is 1. The van der Waals surface area contributed by atoms with Crippen molar-refractivity contribution >= 4 is 23.8 Å². The van der Waals surface area contributed by atoms with E-state index in [1.54, 1.807) is 6.92 Å². The fraction of sp³-hybridized carbons (Fsp3) is 0.500. The number of carbonyl (C=O) groups excluding carboxylic acids is 4. The zero-order valence-electron chi connectivity index (χ0n) is 16.7. The molecule has 152 valence electrons. The van der Waals surface area contributed by atoms with Crippen molar-refractivity contribution in [3.63, 3.8) is 0 Å². The maximum atomic E-state index is 12.9. The molecule has 1 aliphatic rings. The summed E-state index contributed by atoms with van der Waals surface area (Å²) in [6, 6.07) is 6.90. The lowest BCUT2D eigenvalue weighted by Gasteiger charge is -2.22. The number of rotatable bonds is 8. The van der Waals surface area contributed by atoms with Gasteiger partial charge in [-0.2, -0.15) is 0 Å². The van der Waals surface area contributed by atoms with Crippen LogP contribution in [0.5, 0.6) is 0 Å². The molecule has 0 aliphatic carbocycles. The highest BCUT2D eigenvalue weighted by molar-refractivity contribution is 6.09. The van der Waals surface area contributed by atoms with Gasteiger partial charge in [-0.15, -0.1) is 0 Å². The number of hydrogen-bond donors (Lipinski definition) is 2. The second-order valence-corrected chi connectivity index (χ2v) is 7.25. The SMILES string of the molecule is COC(=O)CCCNC(=O)CN1C(=O)N[C@@](C)(c2ccc(C(C)C)cc2)C1=O. The van der Waals surface area contributed by atoms with Gasteiger partial charge in [0.1, 0.15) is 12.1 Å². The Kier molecular flexibility index (Phi) is 6.77. The van der Waals surface area contributed by atoms with Gasteiger partial charge >= 0.3 is 12.0 Å². The van der Waals surface area contributed by atoms with E-state index in [0.717, 1.165) is 10.5 Å². The maximum absolute atomic E-state index is 12.9. The molecule has 1 fully saturated rings. The standard InChI is InChI=1S/C20H27N3O5/c1-13(2)14-7-9-15(10-8-14)20(3)18(26)23(19(27)22-20)12-16(24)21-11-5-6-17(25)28-4/h7-10,13H,5-6,11-12H2,1-4H3,(H,21,24)(H,22,27)/t20-/m0/s1. The molecule has 8 nitrogen and oxygen atoms in total. The third-order valence-electron chi connectivity index (χ3n) is 4.84. The van der Waals surface area contributed by atoms with Crippen molar-refractivity contribution in [3.05, 3.63) is 35.4 Å². The topological polar surface area (TPSA) is 105 Å². The molecule has 2 N–H and O–H groups in total. The highest BCUT2D eigenvalue weighted by atomic mass is 16.5. The van der Waals surface area contributed by atoms with Crippen molar-refractivity contribution in [1.29, 1.82) is 0 Å². The first-order chi connectivity index (χ1) is 13.2. The lowest BCUT2D eigenvalue weighted by molar-refractivity contribution is -0.140. The highest BCUT2D eigenvalue weighted by Crippen LogP contribution is 2.29. The van der Waals surface area contributed by atoms with Crippen LogP contribution in [0, 0.1) is 0 Å². The first-order valence-corrected chi connectivity index (χ1v) is 9.27. The molecule has 4 amide bonds. The van der Waals surface area contributed by atoms with Crippen LogP contribution in [0.15, 0.2) is 24.3 Å². The van der Waals surface area contributed by atoms with Crippen molar-refractivity contribution in [1.82, 2.24) is 15.5 Å². The number of imide groups is 1. The van der Waals surface area contributed by atoms with Gasteiger partial charge in [0, 0.05) is 13.0 Å². The maximum Gasteiger partial charge on any atom is 0.325 e. The number of benzene rings is 1. The first-order valence-electron chi connectivity index (χ1n) is 9.27. The Labute approximate surface area is 164 Å². The number of amides is 4. The van der Waals surface area contributed by atoms with Crippen LogP contribution in [0.1, 0.15) is 50.7 Å². The molecule has 1 atom stereocenters. The molecule has 0 radical (unpaired) electrons. The van der Waals surface area contributed by atoms with E-state index in [1.807, 2.05) is 24.3 Å². The van der Waals surface area contributed by atoms with Gasteiger partial charge in [-0.1, -0.05) is 38.1 Å². The zero-order valence-corrected chi connectivity index (χ0v) is 16.7. The van der Waals surface area contributed by atoms with Gasteiger partial charge in [0.25, 0.3) is 5.91 Å². The van der Waals surface area contributed by atoms with Gasteiger partial charge in [-0.25, -0.2) is 4.79 Å². The Morgan fingerprint density at radius 1 is 1.21 bits per heavy atom. The van der Waals surface area contributed by atoms with Crippen molar-refractivity contribution in [2.45, 2.75) is 45.1 Å². The van der Waals surface area contributed by atoms with Gasteiger partial charge in [-0.3, -0.25) is 19.3 Å². The van der Waals surface area contributed by atoms with Crippen molar-refractivity contribution in [2.75, 3.05) is 20.2 Å². The number of nitrogens with one attached hydrogen (secondary N) is 2. The molecule has 0 spiro atoms. The van der Waals surface area contributed by atoms with Gasteiger partial charge in [0.2, 0.25) is 5.91 Å². The van der Waals surface area contributed by atoms with Gasteiger partial charge in [0.15, 0.2) is 0 Å². The van der Waals surface area contributed by atoms with Crippen LogP contribution < -0.4 is 10.6 Å². The minimum atomic E-state index is -1.21. The Morgan fingerprint density at radius 2 is 1.86 bits per heavy atom. The number of carbonyl (C=O) groups is 4. The zero-order chi connectivity index (χ0) is 20.9. The molecule has 1 aromatic rings. The number of esters is 1. The Morgan fingerprint density at radius 3 is 2.43 bits per heavy atom. The normalized spacial score (nSPS) is 19.0. The van der Waals surface area contributed by atoms with E-state index in [1.165, 1.54) is 7.11 Å². The molecule has 28 heavy (non-hydrogen) atoms. The van der Waals surface area contributed by atoms with Crippen molar-refractivity contribution < 1.29 is 23.9 Å².